The van der Waals surface area contributed by atoms with E-state index >= 15 is 0 Å². The number of hydrogen-bond acceptors (Lipinski definition) is 3. The number of nitrogen functional groups attached to an aromatic ring is 1. The number of nitrogens with zero attached hydrogens (tertiary/aromatic N) is 1. The lowest BCUT2D eigenvalue weighted by molar-refractivity contribution is 0.626. The van der Waals surface area contributed by atoms with Crippen LogP contribution in [0.15, 0.2) is 24.4 Å². The molecule has 0 unspecified atom stereocenters. The monoisotopic (exact) mass is 242 g/mol. The highest BCUT2D eigenvalue weighted by molar-refractivity contribution is 7.15. The zero-order valence-electron chi connectivity index (χ0n) is 7.71. The van der Waals surface area contributed by atoms with Crippen molar-refractivity contribution in [2.45, 2.75) is 6.42 Å². The molecule has 0 fully saturated rings. The Morgan fingerprint density at radius 2 is 2.27 bits per heavy atom. The number of anilines is 1. The number of nitrogens with two attached hydrogens (primary N) is 1. The minimum Gasteiger partial charge on any atom is -0.375 e. The van der Waals surface area contributed by atoms with E-state index in [1.807, 2.05) is 0 Å². The lowest BCUT2D eigenvalue weighted by Gasteiger charge is -2.01. The van der Waals surface area contributed by atoms with Crippen molar-refractivity contribution in [2.75, 3.05) is 5.73 Å². The standard InChI is InChI=1S/C10H8ClFN2S/c11-9-2-1-7(12)3-6(9)4-8-5-14-10(13)15-8/h1-3,5H,4H2,(H2,13,14). The Morgan fingerprint density at radius 3 is 2.93 bits per heavy atom. The van der Waals surface area contributed by atoms with Gasteiger partial charge in [0.25, 0.3) is 0 Å². The molecular formula is C10H8ClFN2S. The molecule has 0 bridgehead atoms. The van der Waals surface area contributed by atoms with Gasteiger partial charge < -0.3 is 5.73 Å². The minimum absolute atomic E-state index is 0.285. The number of halogens is 2. The largest absolute Gasteiger partial charge is 0.375 e. The summed E-state index contributed by atoms with van der Waals surface area (Å²) in [5.41, 5.74) is 6.25. The molecule has 2 N–H and O–H groups in total. The second kappa shape index (κ2) is 4.16. The number of thiazole rings is 1. The molecule has 1 heterocycles. The summed E-state index contributed by atoms with van der Waals surface area (Å²) in [5, 5.41) is 1.07. The van der Waals surface area contributed by atoms with E-state index in [-0.39, 0.29) is 5.82 Å². The highest BCUT2D eigenvalue weighted by Gasteiger charge is 2.05. The van der Waals surface area contributed by atoms with Crippen LogP contribution in [-0.2, 0) is 6.42 Å². The summed E-state index contributed by atoms with van der Waals surface area (Å²) in [6.07, 6.45) is 2.24. The molecule has 0 aliphatic rings. The van der Waals surface area contributed by atoms with Crippen LogP contribution in [-0.4, -0.2) is 4.98 Å². The molecule has 0 aliphatic carbocycles. The van der Waals surface area contributed by atoms with Crippen molar-refractivity contribution >= 4 is 28.1 Å². The zero-order valence-corrected chi connectivity index (χ0v) is 9.28. The van der Waals surface area contributed by atoms with Gasteiger partial charge in [-0.15, -0.1) is 11.3 Å². The second-order valence-electron chi connectivity index (χ2n) is 3.08. The molecule has 0 aliphatic heterocycles. The molecule has 2 nitrogen and oxygen atoms in total. The molecule has 5 heteroatoms. The number of rotatable bonds is 2. The zero-order chi connectivity index (χ0) is 10.8. The van der Waals surface area contributed by atoms with Gasteiger partial charge in [0.05, 0.1) is 0 Å². The fourth-order valence-corrected chi connectivity index (χ4v) is 2.16. The van der Waals surface area contributed by atoms with Gasteiger partial charge >= 0.3 is 0 Å². The van der Waals surface area contributed by atoms with Gasteiger partial charge in [-0.2, -0.15) is 0 Å². The first-order chi connectivity index (χ1) is 7.15. The number of hydrogen-bond donors (Lipinski definition) is 1. The van der Waals surface area contributed by atoms with Crippen LogP contribution in [0.25, 0.3) is 0 Å². The maximum absolute atomic E-state index is 13.0. The van der Waals surface area contributed by atoms with E-state index in [2.05, 4.69) is 4.98 Å². The Morgan fingerprint density at radius 1 is 1.47 bits per heavy atom. The van der Waals surface area contributed by atoms with Gasteiger partial charge in [-0.25, -0.2) is 9.37 Å². The van der Waals surface area contributed by atoms with Crippen LogP contribution in [0.1, 0.15) is 10.4 Å². The van der Waals surface area contributed by atoms with Gasteiger partial charge in [-0.05, 0) is 23.8 Å². The van der Waals surface area contributed by atoms with E-state index in [4.69, 9.17) is 17.3 Å². The van der Waals surface area contributed by atoms with E-state index in [1.54, 1.807) is 12.3 Å². The molecule has 2 aromatic rings. The third kappa shape index (κ3) is 2.46. The smallest absolute Gasteiger partial charge is 0.180 e. The summed E-state index contributed by atoms with van der Waals surface area (Å²) in [6, 6.07) is 4.32. The van der Waals surface area contributed by atoms with Crippen molar-refractivity contribution in [2.24, 2.45) is 0 Å². The summed E-state index contributed by atoms with van der Waals surface area (Å²) < 4.78 is 13.0. The maximum atomic E-state index is 13.0. The molecular weight excluding hydrogens is 235 g/mol. The highest BCUT2D eigenvalue weighted by atomic mass is 35.5. The van der Waals surface area contributed by atoms with Gasteiger partial charge in [-0.1, -0.05) is 11.6 Å². The van der Waals surface area contributed by atoms with E-state index in [1.165, 1.54) is 23.5 Å². The molecule has 0 saturated carbocycles. The summed E-state index contributed by atoms with van der Waals surface area (Å²) >= 11 is 7.32. The Bertz CT molecular complexity index is 484. The Labute approximate surface area is 95.5 Å². The van der Waals surface area contributed by atoms with E-state index < -0.39 is 0 Å². The third-order valence-electron chi connectivity index (χ3n) is 1.94. The topological polar surface area (TPSA) is 38.9 Å². The third-order valence-corrected chi connectivity index (χ3v) is 3.14. The quantitative estimate of drug-likeness (QED) is 0.879. The van der Waals surface area contributed by atoms with E-state index in [0.717, 1.165) is 10.4 Å². The molecule has 2 rings (SSSR count). The summed E-state index contributed by atoms with van der Waals surface area (Å²) in [5.74, 6) is -0.285. The number of benzene rings is 1. The normalized spacial score (nSPS) is 10.5. The Kier molecular flexibility index (Phi) is 2.88. The first-order valence-electron chi connectivity index (χ1n) is 4.29. The van der Waals surface area contributed by atoms with Gasteiger partial charge in [0.15, 0.2) is 5.13 Å². The van der Waals surface area contributed by atoms with Crippen molar-refractivity contribution in [3.8, 4) is 0 Å². The Balaban J connectivity index is 2.27. The van der Waals surface area contributed by atoms with Gasteiger partial charge in [0, 0.05) is 22.5 Å². The van der Waals surface area contributed by atoms with Crippen molar-refractivity contribution in [1.29, 1.82) is 0 Å². The fourth-order valence-electron chi connectivity index (χ4n) is 1.27. The molecule has 78 valence electrons. The number of aromatic nitrogens is 1. The lowest BCUT2D eigenvalue weighted by atomic mass is 10.1. The second-order valence-corrected chi connectivity index (χ2v) is 4.63. The summed E-state index contributed by atoms with van der Waals surface area (Å²) in [4.78, 5) is 4.90. The first-order valence-corrected chi connectivity index (χ1v) is 5.48. The van der Waals surface area contributed by atoms with Crippen LogP contribution in [0.4, 0.5) is 9.52 Å². The van der Waals surface area contributed by atoms with Crippen LogP contribution >= 0.6 is 22.9 Å². The van der Waals surface area contributed by atoms with Crippen LogP contribution in [0, 0.1) is 5.82 Å². The molecule has 15 heavy (non-hydrogen) atoms. The average Bonchev–Trinajstić information content (AvgIpc) is 2.58. The van der Waals surface area contributed by atoms with E-state index in [0.29, 0.717) is 16.6 Å². The SMILES string of the molecule is Nc1ncc(Cc2cc(F)ccc2Cl)s1. The summed E-state index contributed by atoms with van der Waals surface area (Å²) in [6.45, 7) is 0. The highest BCUT2D eigenvalue weighted by Crippen LogP contribution is 2.23. The van der Waals surface area contributed by atoms with Crippen molar-refractivity contribution < 1.29 is 4.39 Å². The van der Waals surface area contributed by atoms with Crippen molar-refractivity contribution in [3.05, 3.63) is 45.7 Å². The molecule has 1 aromatic heterocycles. The van der Waals surface area contributed by atoms with Crippen LogP contribution < -0.4 is 5.73 Å². The van der Waals surface area contributed by atoms with Crippen LogP contribution in [0.2, 0.25) is 5.02 Å². The van der Waals surface area contributed by atoms with Gasteiger partial charge in [0.1, 0.15) is 5.82 Å². The molecule has 0 spiro atoms. The Hall–Kier alpha value is -1.13. The molecule has 0 atom stereocenters. The predicted octanol–water partition coefficient (Wildman–Crippen LogP) is 3.11. The minimum atomic E-state index is -0.285. The molecule has 0 saturated heterocycles. The van der Waals surface area contributed by atoms with Gasteiger partial charge in [-0.3, -0.25) is 0 Å². The van der Waals surface area contributed by atoms with Crippen LogP contribution in [0.5, 0.6) is 0 Å². The van der Waals surface area contributed by atoms with Crippen molar-refractivity contribution in [1.82, 2.24) is 4.98 Å². The molecule has 0 radical (unpaired) electrons. The van der Waals surface area contributed by atoms with Crippen molar-refractivity contribution in [3.63, 3.8) is 0 Å². The van der Waals surface area contributed by atoms with Gasteiger partial charge in [0.2, 0.25) is 0 Å². The maximum Gasteiger partial charge on any atom is 0.180 e. The first kappa shape index (κ1) is 10.4. The average molecular weight is 243 g/mol. The van der Waals surface area contributed by atoms with E-state index in [9.17, 15) is 4.39 Å². The lowest BCUT2D eigenvalue weighted by Crippen LogP contribution is -1.88. The van der Waals surface area contributed by atoms with Crippen LogP contribution in [0.3, 0.4) is 0 Å². The predicted molar refractivity (Wildman–Crippen MR) is 60.7 cm³/mol. The molecule has 1 aromatic carbocycles. The fraction of sp³-hybridized carbons (Fsp3) is 0.100. The summed E-state index contributed by atoms with van der Waals surface area (Å²) in [7, 11) is 0. The molecule has 0 amide bonds.